The summed E-state index contributed by atoms with van der Waals surface area (Å²) in [6.07, 6.45) is 12.3. The Morgan fingerprint density at radius 3 is 2.62 bits per heavy atom. The van der Waals surface area contributed by atoms with Crippen molar-refractivity contribution in [3.63, 3.8) is 0 Å². The van der Waals surface area contributed by atoms with Gasteiger partial charge in [0.2, 0.25) is 0 Å². The third-order valence-electron chi connectivity index (χ3n) is 7.37. The first-order chi connectivity index (χ1) is 18.0. The summed E-state index contributed by atoms with van der Waals surface area (Å²) in [6, 6.07) is 7.44. The molecule has 0 saturated carbocycles. The molecule has 1 atom stereocenters. The molecule has 1 spiro atoms. The summed E-state index contributed by atoms with van der Waals surface area (Å²) in [5.41, 5.74) is 1.68. The van der Waals surface area contributed by atoms with Crippen LogP contribution in [-0.4, -0.2) is 50.3 Å². The Bertz CT molecular complexity index is 1470. The van der Waals surface area contributed by atoms with E-state index >= 15 is 0 Å². The number of pyridine rings is 1. The molecule has 6 rings (SSSR count). The molecule has 4 aromatic rings. The van der Waals surface area contributed by atoms with Gasteiger partial charge in [0.05, 0.1) is 53.9 Å². The highest BCUT2D eigenvalue weighted by atomic mass is 35.5. The number of halogens is 1. The lowest BCUT2D eigenvalue weighted by atomic mass is 9.77. The van der Waals surface area contributed by atoms with Gasteiger partial charge in [0.1, 0.15) is 10.8 Å². The van der Waals surface area contributed by atoms with Crippen LogP contribution in [0.1, 0.15) is 31.7 Å². The van der Waals surface area contributed by atoms with E-state index in [0.29, 0.717) is 34.0 Å². The highest BCUT2D eigenvalue weighted by Crippen LogP contribution is 2.42. The summed E-state index contributed by atoms with van der Waals surface area (Å²) in [4.78, 5) is 34.1. The molecule has 0 aliphatic carbocycles. The summed E-state index contributed by atoms with van der Waals surface area (Å²) in [5.74, 6) is 0.888. The summed E-state index contributed by atoms with van der Waals surface area (Å²) >= 11 is 8.14. The molecule has 5 heterocycles. The fourth-order valence-electron chi connectivity index (χ4n) is 5.31. The van der Waals surface area contributed by atoms with Crippen molar-refractivity contribution < 1.29 is 4.74 Å². The molecule has 8 nitrogen and oxygen atoms in total. The predicted molar refractivity (Wildman–Crippen MR) is 144 cm³/mol. The second-order valence-corrected chi connectivity index (χ2v) is 11.4. The fraction of sp³-hybridized carbons (Fsp3) is 0.370. The van der Waals surface area contributed by atoms with Crippen LogP contribution in [0.15, 0.2) is 70.1 Å². The van der Waals surface area contributed by atoms with Gasteiger partial charge in [-0.25, -0.2) is 15.0 Å². The second kappa shape index (κ2) is 10.0. The second-order valence-electron chi connectivity index (χ2n) is 9.93. The van der Waals surface area contributed by atoms with Crippen LogP contribution in [-0.2, 0) is 11.3 Å². The quantitative estimate of drug-likeness (QED) is 0.360. The fourth-order valence-corrected chi connectivity index (χ4v) is 6.43. The molecular formula is C27H27ClN6O2S. The first kappa shape index (κ1) is 24.3. The number of anilines is 1. The van der Waals surface area contributed by atoms with Gasteiger partial charge in [-0.2, -0.15) is 0 Å². The van der Waals surface area contributed by atoms with Crippen LogP contribution in [0.2, 0.25) is 5.02 Å². The van der Waals surface area contributed by atoms with Gasteiger partial charge in [-0.15, -0.1) is 0 Å². The van der Waals surface area contributed by atoms with Gasteiger partial charge in [-0.3, -0.25) is 14.3 Å². The van der Waals surface area contributed by atoms with Crippen LogP contribution in [0.25, 0.3) is 10.9 Å². The van der Waals surface area contributed by atoms with Crippen LogP contribution in [0, 0.1) is 5.41 Å². The number of ether oxygens (including phenoxy) is 1. The Balaban J connectivity index is 1.18. The number of piperidine rings is 1. The lowest BCUT2D eigenvalue weighted by Gasteiger charge is -2.38. The van der Waals surface area contributed by atoms with Crippen LogP contribution in [0.3, 0.4) is 0 Å². The first-order valence-corrected chi connectivity index (χ1v) is 13.6. The average Bonchev–Trinajstić information content (AvgIpc) is 3.28. The number of benzene rings is 1. The Morgan fingerprint density at radius 2 is 1.92 bits per heavy atom. The molecule has 37 heavy (non-hydrogen) atoms. The van der Waals surface area contributed by atoms with Gasteiger partial charge in [0, 0.05) is 30.4 Å². The summed E-state index contributed by atoms with van der Waals surface area (Å²) in [6.45, 7) is 5.37. The number of hydrogen-bond acceptors (Lipinski definition) is 8. The zero-order valence-electron chi connectivity index (χ0n) is 20.5. The molecule has 1 aromatic carbocycles. The van der Waals surface area contributed by atoms with Crippen molar-refractivity contribution in [2.75, 3.05) is 24.6 Å². The lowest BCUT2D eigenvalue weighted by molar-refractivity contribution is 0.0976. The van der Waals surface area contributed by atoms with Crippen molar-refractivity contribution in [3.8, 4) is 0 Å². The SMILES string of the molecule is C[C@H]1CC2(CCN(c3cnc(Sc4ccc5ncn(Cc6ccncc6)c(=O)c5c4Cl)cn3)CC2)CO1. The number of aromatic nitrogens is 5. The highest BCUT2D eigenvalue weighted by molar-refractivity contribution is 7.99. The number of fused-ring (bicyclic) bond motifs is 1. The van der Waals surface area contributed by atoms with Crippen molar-refractivity contribution in [2.24, 2.45) is 5.41 Å². The molecule has 2 aliphatic heterocycles. The van der Waals surface area contributed by atoms with Crippen LogP contribution in [0.4, 0.5) is 5.82 Å². The minimum atomic E-state index is -0.180. The van der Waals surface area contributed by atoms with Crippen LogP contribution < -0.4 is 10.5 Å². The summed E-state index contributed by atoms with van der Waals surface area (Å²) in [7, 11) is 0. The maximum Gasteiger partial charge on any atom is 0.263 e. The van der Waals surface area contributed by atoms with Crippen LogP contribution in [0.5, 0.6) is 0 Å². The van der Waals surface area contributed by atoms with E-state index in [9.17, 15) is 4.79 Å². The zero-order valence-corrected chi connectivity index (χ0v) is 22.1. The van der Waals surface area contributed by atoms with Crippen molar-refractivity contribution in [2.45, 2.75) is 48.8 Å². The number of rotatable bonds is 5. The number of hydrogen-bond donors (Lipinski definition) is 0. The molecule has 0 unspecified atom stereocenters. The largest absolute Gasteiger partial charge is 0.378 e. The normalized spacial score (nSPS) is 19.1. The van der Waals surface area contributed by atoms with E-state index < -0.39 is 0 Å². The van der Waals surface area contributed by atoms with Crippen molar-refractivity contribution in [1.82, 2.24) is 24.5 Å². The van der Waals surface area contributed by atoms with Crippen molar-refractivity contribution in [3.05, 3.63) is 76.3 Å². The van der Waals surface area contributed by atoms with E-state index in [0.717, 1.165) is 60.3 Å². The molecule has 0 bridgehead atoms. The van der Waals surface area contributed by atoms with E-state index in [2.05, 4.69) is 31.8 Å². The van der Waals surface area contributed by atoms with Gasteiger partial charge in [0.25, 0.3) is 5.56 Å². The Morgan fingerprint density at radius 1 is 1.11 bits per heavy atom. The van der Waals surface area contributed by atoms with Gasteiger partial charge < -0.3 is 9.64 Å². The van der Waals surface area contributed by atoms with Crippen LogP contribution >= 0.6 is 23.4 Å². The molecule has 190 valence electrons. The van der Waals surface area contributed by atoms with E-state index in [1.54, 1.807) is 29.5 Å². The van der Waals surface area contributed by atoms with E-state index in [-0.39, 0.29) is 5.56 Å². The molecule has 0 radical (unpaired) electrons. The minimum Gasteiger partial charge on any atom is -0.378 e. The minimum absolute atomic E-state index is 0.180. The van der Waals surface area contributed by atoms with E-state index in [1.165, 1.54) is 11.8 Å². The Kier molecular flexibility index (Phi) is 6.60. The average molecular weight is 535 g/mol. The molecule has 2 saturated heterocycles. The maximum atomic E-state index is 13.3. The summed E-state index contributed by atoms with van der Waals surface area (Å²) < 4.78 is 7.41. The molecular weight excluding hydrogens is 508 g/mol. The van der Waals surface area contributed by atoms with E-state index in [4.69, 9.17) is 16.3 Å². The van der Waals surface area contributed by atoms with Crippen molar-refractivity contribution in [1.29, 1.82) is 0 Å². The smallest absolute Gasteiger partial charge is 0.263 e. The zero-order chi connectivity index (χ0) is 25.4. The third-order valence-corrected chi connectivity index (χ3v) is 8.85. The maximum absolute atomic E-state index is 13.3. The first-order valence-electron chi connectivity index (χ1n) is 12.4. The summed E-state index contributed by atoms with van der Waals surface area (Å²) in [5, 5.41) is 1.50. The molecule has 2 aliphatic rings. The van der Waals surface area contributed by atoms with E-state index in [1.807, 2.05) is 30.5 Å². The molecule has 0 N–H and O–H groups in total. The molecule has 3 aromatic heterocycles. The topological polar surface area (TPSA) is 86.0 Å². The number of nitrogens with zero attached hydrogens (tertiary/aromatic N) is 6. The highest BCUT2D eigenvalue weighted by Gasteiger charge is 2.41. The van der Waals surface area contributed by atoms with Gasteiger partial charge in [-0.1, -0.05) is 23.4 Å². The van der Waals surface area contributed by atoms with Crippen molar-refractivity contribution >= 4 is 40.1 Å². The molecule has 2 fully saturated rings. The molecule has 0 amide bonds. The Hall–Kier alpha value is -3.01. The standard InChI is InChI=1S/C27H27ClN6O2S/c1-18-12-27(16-36-18)6-10-33(11-7-27)22-13-31-23(14-30-22)37-21-3-2-20-24(25(21)28)26(35)34(17-32-20)15-19-4-8-29-9-5-19/h2-5,8-9,13-14,17-18H,6-7,10-12,15-16H2,1H3/t18-/m0/s1. The van der Waals surface area contributed by atoms with Gasteiger partial charge in [0.15, 0.2) is 0 Å². The van der Waals surface area contributed by atoms with Gasteiger partial charge >= 0.3 is 0 Å². The van der Waals surface area contributed by atoms with Gasteiger partial charge in [-0.05, 0) is 61.4 Å². The monoisotopic (exact) mass is 534 g/mol. The molecule has 10 heteroatoms. The lowest BCUT2D eigenvalue weighted by Crippen LogP contribution is -2.41. The Labute approximate surface area is 224 Å². The third kappa shape index (κ3) is 4.95. The predicted octanol–water partition coefficient (Wildman–Crippen LogP) is 4.83.